The summed E-state index contributed by atoms with van der Waals surface area (Å²) in [4.78, 5) is 0.0773. The molecule has 0 aliphatic carbocycles. The average Bonchev–Trinajstić information content (AvgIpc) is 3.06. The molecule has 0 saturated heterocycles. The number of halogens is 2. The van der Waals surface area contributed by atoms with Gasteiger partial charge in [0, 0.05) is 17.8 Å². The highest BCUT2D eigenvalue weighted by Gasteiger charge is 2.25. The molecule has 0 unspecified atom stereocenters. The summed E-state index contributed by atoms with van der Waals surface area (Å²) in [6.07, 6.45) is 1.52. The van der Waals surface area contributed by atoms with Crippen molar-refractivity contribution in [3.05, 3.63) is 64.8 Å². The largest absolute Gasteiger partial charge is 0.278 e. The van der Waals surface area contributed by atoms with Gasteiger partial charge in [0.25, 0.3) is 10.0 Å². The first kappa shape index (κ1) is 18.8. The Labute approximate surface area is 162 Å². The number of benzene rings is 2. The van der Waals surface area contributed by atoms with Gasteiger partial charge in [0.05, 0.1) is 15.7 Å². The van der Waals surface area contributed by atoms with E-state index in [2.05, 4.69) is 9.82 Å². The predicted octanol–water partition coefficient (Wildman–Crippen LogP) is 5.24. The molecular weight excluding hydrogens is 393 g/mol. The van der Waals surface area contributed by atoms with E-state index in [9.17, 15) is 8.42 Å². The molecule has 0 fully saturated rings. The van der Waals surface area contributed by atoms with Crippen LogP contribution in [0.2, 0.25) is 10.0 Å². The van der Waals surface area contributed by atoms with E-state index in [-0.39, 0.29) is 26.7 Å². The first-order valence-electron chi connectivity index (χ1n) is 7.91. The number of hydrogen-bond acceptors (Lipinski definition) is 3. The Hall–Kier alpha value is -2.02. The lowest BCUT2D eigenvalue weighted by atomic mass is 10.2. The number of rotatable bonds is 5. The van der Waals surface area contributed by atoms with Crippen LogP contribution in [0.5, 0.6) is 0 Å². The van der Waals surface area contributed by atoms with Crippen molar-refractivity contribution in [1.29, 1.82) is 0 Å². The van der Waals surface area contributed by atoms with E-state index in [4.69, 9.17) is 23.2 Å². The maximum atomic E-state index is 13.0. The Morgan fingerprint density at radius 2 is 1.73 bits per heavy atom. The van der Waals surface area contributed by atoms with E-state index in [0.717, 1.165) is 0 Å². The summed E-state index contributed by atoms with van der Waals surface area (Å²) in [5.74, 6) is 0. The number of anilines is 1. The Morgan fingerprint density at radius 1 is 1.04 bits per heavy atom. The van der Waals surface area contributed by atoms with Crippen LogP contribution in [0.25, 0.3) is 11.3 Å². The zero-order valence-electron chi connectivity index (χ0n) is 14.1. The third-order valence-corrected chi connectivity index (χ3v) is 5.95. The lowest BCUT2D eigenvalue weighted by molar-refractivity contribution is 0.532. The SMILES string of the molecule is CC(C)n1cc(S(=O)(=O)Nc2cccc(Cl)c2Cl)c(-c2ccccc2)n1. The molecule has 0 saturated carbocycles. The Kier molecular flexibility index (Phi) is 5.27. The zero-order chi connectivity index (χ0) is 18.9. The second kappa shape index (κ2) is 7.31. The first-order valence-corrected chi connectivity index (χ1v) is 10.1. The quantitative estimate of drug-likeness (QED) is 0.626. The van der Waals surface area contributed by atoms with E-state index >= 15 is 0 Å². The van der Waals surface area contributed by atoms with Gasteiger partial charge in [-0.1, -0.05) is 59.6 Å². The standard InChI is InChI=1S/C18H17Cl2N3O2S/c1-12(2)23-11-16(18(21-23)13-7-4-3-5-8-13)26(24,25)22-15-10-6-9-14(19)17(15)20/h3-12,22H,1-2H3. The fourth-order valence-electron chi connectivity index (χ4n) is 2.41. The maximum Gasteiger partial charge on any atom is 0.265 e. The summed E-state index contributed by atoms with van der Waals surface area (Å²) in [7, 11) is -3.92. The molecule has 1 N–H and O–H groups in total. The Balaban J connectivity index is 2.11. The van der Waals surface area contributed by atoms with Crippen LogP contribution in [-0.2, 0) is 10.0 Å². The minimum absolute atomic E-state index is 0.0103. The monoisotopic (exact) mass is 409 g/mol. The van der Waals surface area contributed by atoms with Crippen molar-refractivity contribution in [2.75, 3.05) is 4.72 Å². The van der Waals surface area contributed by atoms with E-state index in [1.807, 2.05) is 44.2 Å². The van der Waals surface area contributed by atoms with Gasteiger partial charge in [0.15, 0.2) is 0 Å². The molecular formula is C18H17Cl2N3O2S. The van der Waals surface area contributed by atoms with Gasteiger partial charge in [-0.15, -0.1) is 0 Å². The fourth-order valence-corrected chi connectivity index (χ4v) is 4.05. The minimum Gasteiger partial charge on any atom is -0.278 e. The minimum atomic E-state index is -3.92. The van der Waals surface area contributed by atoms with Crippen molar-refractivity contribution in [3.8, 4) is 11.3 Å². The Morgan fingerprint density at radius 3 is 2.38 bits per heavy atom. The lowest BCUT2D eigenvalue weighted by Gasteiger charge is -2.10. The molecule has 8 heteroatoms. The van der Waals surface area contributed by atoms with Crippen molar-refractivity contribution in [3.63, 3.8) is 0 Å². The van der Waals surface area contributed by atoms with Gasteiger partial charge in [-0.25, -0.2) is 8.42 Å². The summed E-state index contributed by atoms with van der Waals surface area (Å²) >= 11 is 12.1. The molecule has 0 bridgehead atoms. The van der Waals surface area contributed by atoms with Crippen molar-refractivity contribution in [1.82, 2.24) is 9.78 Å². The van der Waals surface area contributed by atoms with Crippen LogP contribution in [0, 0.1) is 0 Å². The Bertz CT molecular complexity index is 1030. The smallest absolute Gasteiger partial charge is 0.265 e. The van der Waals surface area contributed by atoms with Gasteiger partial charge in [0.2, 0.25) is 0 Å². The van der Waals surface area contributed by atoms with Crippen molar-refractivity contribution in [2.24, 2.45) is 0 Å². The first-order chi connectivity index (χ1) is 12.3. The van der Waals surface area contributed by atoms with Crippen LogP contribution in [0.1, 0.15) is 19.9 Å². The van der Waals surface area contributed by atoms with Crippen LogP contribution < -0.4 is 4.72 Å². The van der Waals surface area contributed by atoms with Crippen LogP contribution in [0.15, 0.2) is 59.6 Å². The molecule has 0 aliphatic heterocycles. The number of sulfonamides is 1. The summed E-state index contributed by atoms with van der Waals surface area (Å²) in [5.41, 5.74) is 1.31. The number of hydrogen-bond donors (Lipinski definition) is 1. The molecule has 0 amide bonds. The van der Waals surface area contributed by atoms with Gasteiger partial charge < -0.3 is 0 Å². The van der Waals surface area contributed by atoms with Crippen molar-refractivity contribution in [2.45, 2.75) is 24.8 Å². The van der Waals surface area contributed by atoms with Crippen LogP contribution in [-0.4, -0.2) is 18.2 Å². The van der Waals surface area contributed by atoms with Crippen LogP contribution in [0.4, 0.5) is 5.69 Å². The van der Waals surface area contributed by atoms with Crippen molar-refractivity contribution >= 4 is 38.9 Å². The summed E-state index contributed by atoms with van der Waals surface area (Å²) < 4.78 is 30.2. The third kappa shape index (κ3) is 3.72. The van der Waals surface area contributed by atoms with E-state index < -0.39 is 10.0 Å². The lowest BCUT2D eigenvalue weighted by Crippen LogP contribution is -2.13. The molecule has 5 nitrogen and oxygen atoms in total. The highest BCUT2D eigenvalue weighted by molar-refractivity contribution is 7.92. The van der Waals surface area contributed by atoms with Gasteiger partial charge >= 0.3 is 0 Å². The van der Waals surface area contributed by atoms with Gasteiger partial charge in [-0.05, 0) is 26.0 Å². The third-order valence-electron chi connectivity index (χ3n) is 3.76. The molecule has 3 rings (SSSR count). The van der Waals surface area contributed by atoms with E-state index in [0.29, 0.717) is 11.3 Å². The molecule has 0 radical (unpaired) electrons. The summed E-state index contributed by atoms with van der Waals surface area (Å²) in [6.45, 7) is 3.86. The van der Waals surface area contributed by atoms with Gasteiger partial charge in [-0.3, -0.25) is 9.40 Å². The topological polar surface area (TPSA) is 64.0 Å². The van der Waals surface area contributed by atoms with Crippen molar-refractivity contribution < 1.29 is 8.42 Å². The number of nitrogens with zero attached hydrogens (tertiary/aromatic N) is 2. The molecule has 0 spiro atoms. The molecule has 0 aliphatic rings. The summed E-state index contributed by atoms with van der Waals surface area (Å²) in [5, 5.41) is 4.89. The van der Waals surface area contributed by atoms with E-state index in [1.165, 1.54) is 6.20 Å². The molecule has 136 valence electrons. The number of nitrogens with one attached hydrogen (secondary N) is 1. The maximum absolute atomic E-state index is 13.0. The summed E-state index contributed by atoms with van der Waals surface area (Å²) in [6, 6.07) is 14.0. The molecule has 26 heavy (non-hydrogen) atoms. The normalized spacial score (nSPS) is 11.7. The molecule has 3 aromatic rings. The van der Waals surface area contributed by atoms with Gasteiger partial charge in [0.1, 0.15) is 10.6 Å². The fraction of sp³-hybridized carbons (Fsp3) is 0.167. The number of aromatic nitrogens is 2. The van der Waals surface area contributed by atoms with E-state index in [1.54, 1.807) is 22.9 Å². The molecule has 1 heterocycles. The molecule has 1 aromatic heterocycles. The second-order valence-electron chi connectivity index (χ2n) is 5.99. The van der Waals surface area contributed by atoms with Gasteiger partial charge in [-0.2, -0.15) is 5.10 Å². The second-order valence-corrected chi connectivity index (χ2v) is 8.42. The average molecular weight is 410 g/mol. The molecule has 2 aromatic carbocycles. The predicted molar refractivity (Wildman–Crippen MR) is 105 cm³/mol. The highest BCUT2D eigenvalue weighted by atomic mass is 35.5. The van der Waals surface area contributed by atoms with Crippen LogP contribution >= 0.6 is 23.2 Å². The van der Waals surface area contributed by atoms with Crippen LogP contribution in [0.3, 0.4) is 0 Å². The highest BCUT2D eigenvalue weighted by Crippen LogP contribution is 2.33. The zero-order valence-corrected chi connectivity index (χ0v) is 16.5. The molecule has 0 atom stereocenters.